The molecule has 0 saturated carbocycles. The summed E-state index contributed by atoms with van der Waals surface area (Å²) >= 11 is 6.74. The lowest BCUT2D eigenvalue weighted by Gasteiger charge is -2.34. The van der Waals surface area contributed by atoms with Crippen LogP contribution in [0, 0.1) is 5.41 Å². The smallest absolute Gasteiger partial charge is 0.412 e. The maximum atomic E-state index is 12.6. The number of amides is 2. The first-order valence-corrected chi connectivity index (χ1v) is 11.0. The number of phenols is 1. The average Bonchev–Trinajstić information content (AvgIpc) is 2.72. The molecule has 0 saturated heterocycles. The van der Waals surface area contributed by atoms with Crippen molar-refractivity contribution in [1.82, 2.24) is 5.48 Å². The summed E-state index contributed by atoms with van der Waals surface area (Å²) < 4.78 is 6.97. The van der Waals surface area contributed by atoms with Crippen molar-refractivity contribution in [1.29, 1.82) is 0 Å². The Balaban J connectivity index is 2.30. The van der Waals surface area contributed by atoms with Gasteiger partial charge in [0.1, 0.15) is 11.9 Å². The molecule has 2 amide bonds. The predicted octanol–water partition coefficient (Wildman–Crippen LogP) is 6.08. The number of halogens is 2. The average molecular weight is 556 g/mol. The lowest BCUT2D eigenvalue weighted by molar-refractivity contribution is -0.124. The molecule has 0 unspecified atom stereocenters. The molecule has 0 heterocycles. The van der Waals surface area contributed by atoms with Gasteiger partial charge in [0.15, 0.2) is 0 Å². The molecule has 166 valence electrons. The van der Waals surface area contributed by atoms with Crippen molar-refractivity contribution in [3.8, 4) is 5.75 Å². The highest BCUT2D eigenvalue weighted by atomic mass is 79.9. The summed E-state index contributed by atoms with van der Waals surface area (Å²) in [7, 11) is 0. The highest BCUT2D eigenvalue weighted by Crippen LogP contribution is 2.46. The van der Waals surface area contributed by atoms with E-state index >= 15 is 0 Å². The number of phenolic OH excluding ortho intramolecular Hbond substituents is 1. The van der Waals surface area contributed by atoms with Gasteiger partial charge in [-0.2, -0.15) is 0 Å². The van der Waals surface area contributed by atoms with Gasteiger partial charge in [0.05, 0.1) is 4.47 Å². The zero-order valence-electron chi connectivity index (χ0n) is 17.1. The molecule has 2 aromatic carbocycles. The van der Waals surface area contributed by atoms with Crippen LogP contribution >= 0.6 is 31.9 Å². The van der Waals surface area contributed by atoms with E-state index in [9.17, 15) is 14.7 Å². The number of rotatable bonds is 8. The molecule has 2 rings (SSSR count). The number of para-hydroxylation sites is 1. The number of ether oxygens (including phenoxy) is 1. The first-order valence-electron chi connectivity index (χ1n) is 9.45. The molecule has 4 N–H and O–H groups in total. The second kappa shape index (κ2) is 11.3. The molecule has 0 fully saturated rings. The number of hydrogen-bond donors (Lipinski definition) is 4. The number of aromatic hydroxyl groups is 1. The lowest BCUT2D eigenvalue weighted by Crippen LogP contribution is -2.29. The second-order valence-corrected chi connectivity index (χ2v) is 9.28. The Morgan fingerprint density at radius 3 is 2.52 bits per heavy atom. The Morgan fingerprint density at radius 1 is 1.19 bits per heavy atom. The summed E-state index contributed by atoms with van der Waals surface area (Å²) in [6.07, 6.45) is 2.39. The van der Waals surface area contributed by atoms with Crippen LogP contribution in [0.4, 0.5) is 10.5 Å². The van der Waals surface area contributed by atoms with Gasteiger partial charge in [-0.3, -0.25) is 15.3 Å². The molecule has 31 heavy (non-hydrogen) atoms. The van der Waals surface area contributed by atoms with Crippen LogP contribution in [0.3, 0.4) is 0 Å². The monoisotopic (exact) mass is 554 g/mol. The highest BCUT2D eigenvalue weighted by molar-refractivity contribution is 9.11. The third kappa shape index (κ3) is 7.37. The maximum absolute atomic E-state index is 12.6. The van der Waals surface area contributed by atoms with Crippen LogP contribution in [0.25, 0.3) is 0 Å². The summed E-state index contributed by atoms with van der Waals surface area (Å²) in [6.45, 7) is 3.81. The number of carbonyl (C=O) groups excluding carboxylic acids is 2. The van der Waals surface area contributed by atoms with E-state index in [2.05, 4.69) is 37.2 Å². The van der Waals surface area contributed by atoms with Crippen molar-refractivity contribution >= 4 is 49.5 Å². The minimum atomic E-state index is -0.801. The van der Waals surface area contributed by atoms with Gasteiger partial charge >= 0.3 is 6.09 Å². The van der Waals surface area contributed by atoms with Crippen LogP contribution < -0.4 is 10.8 Å². The van der Waals surface area contributed by atoms with Crippen molar-refractivity contribution in [2.24, 2.45) is 5.41 Å². The molecule has 0 radical (unpaired) electrons. The van der Waals surface area contributed by atoms with Crippen molar-refractivity contribution in [2.45, 2.75) is 32.8 Å². The van der Waals surface area contributed by atoms with Crippen LogP contribution in [0.1, 0.15) is 38.4 Å². The van der Waals surface area contributed by atoms with E-state index in [1.165, 1.54) is 11.6 Å². The topological polar surface area (TPSA) is 108 Å². The highest BCUT2D eigenvalue weighted by Gasteiger charge is 2.36. The molecule has 0 spiro atoms. The Kier molecular flexibility index (Phi) is 9.09. The molecule has 9 heteroatoms. The van der Waals surface area contributed by atoms with Gasteiger partial charge in [-0.25, -0.2) is 10.3 Å². The first-order chi connectivity index (χ1) is 14.6. The standard InChI is InChI=1S/C22H24Br2N2O5/c1-22(2,11-7-6-10-18(27)26-30)20(16-12-14(23)13-17(24)19(16)28)31-21(29)25-15-8-4-3-5-9-15/h3-6,8-10,12-13,20,28,30H,7,11H2,1-2H3,(H,25,29)(H,26,27)/b10-6+/t20-/m1/s1. The van der Waals surface area contributed by atoms with E-state index in [1.54, 1.807) is 42.5 Å². The first kappa shape index (κ1) is 24.9. The molecule has 0 aliphatic rings. The molecule has 0 aromatic heterocycles. The van der Waals surface area contributed by atoms with Gasteiger partial charge < -0.3 is 9.84 Å². The molecular weight excluding hydrogens is 532 g/mol. The largest absolute Gasteiger partial charge is 0.506 e. The van der Waals surface area contributed by atoms with Gasteiger partial charge in [0, 0.05) is 27.2 Å². The zero-order valence-corrected chi connectivity index (χ0v) is 20.2. The van der Waals surface area contributed by atoms with Crippen molar-refractivity contribution in [3.05, 3.63) is 69.1 Å². The Bertz CT molecular complexity index is 948. The van der Waals surface area contributed by atoms with Gasteiger partial charge in [-0.15, -0.1) is 0 Å². The van der Waals surface area contributed by atoms with Crippen LogP contribution in [0.2, 0.25) is 0 Å². The SMILES string of the molecule is CC(C)(CC/C=C/C(=O)NO)[C@H](OC(=O)Nc1ccccc1)c1cc(Br)cc(Br)c1O. The number of hydroxylamine groups is 1. The third-order valence-corrected chi connectivity index (χ3v) is 5.69. The maximum Gasteiger partial charge on any atom is 0.412 e. The summed E-state index contributed by atoms with van der Waals surface area (Å²) in [4.78, 5) is 23.8. The quantitative estimate of drug-likeness (QED) is 0.179. The summed E-state index contributed by atoms with van der Waals surface area (Å²) in [5, 5.41) is 21.9. The Labute approximate surface area is 197 Å². The van der Waals surface area contributed by atoms with E-state index in [-0.39, 0.29) is 5.75 Å². The van der Waals surface area contributed by atoms with Crippen molar-refractivity contribution < 1.29 is 24.6 Å². The van der Waals surface area contributed by atoms with Gasteiger partial charge in [-0.1, -0.05) is 54.1 Å². The van der Waals surface area contributed by atoms with E-state index in [1.807, 2.05) is 19.9 Å². The predicted molar refractivity (Wildman–Crippen MR) is 125 cm³/mol. The fourth-order valence-electron chi connectivity index (χ4n) is 3.02. The minimum Gasteiger partial charge on any atom is -0.506 e. The summed E-state index contributed by atoms with van der Waals surface area (Å²) in [5.74, 6) is -0.648. The number of nitrogens with one attached hydrogen (secondary N) is 2. The molecule has 2 aromatic rings. The lowest BCUT2D eigenvalue weighted by atomic mass is 9.78. The van der Waals surface area contributed by atoms with Crippen LogP contribution in [0.15, 0.2) is 63.6 Å². The van der Waals surface area contributed by atoms with E-state index in [4.69, 9.17) is 9.94 Å². The fourth-order valence-corrected chi connectivity index (χ4v) is 4.28. The van der Waals surface area contributed by atoms with Gasteiger partial charge in [-0.05, 0) is 53.0 Å². The molecule has 0 bridgehead atoms. The Hall–Kier alpha value is -2.36. The van der Waals surface area contributed by atoms with Crippen molar-refractivity contribution in [3.63, 3.8) is 0 Å². The van der Waals surface area contributed by atoms with E-state index < -0.39 is 23.5 Å². The van der Waals surface area contributed by atoms with E-state index in [0.717, 1.165) is 0 Å². The van der Waals surface area contributed by atoms with Crippen LogP contribution in [-0.2, 0) is 9.53 Å². The zero-order chi connectivity index (χ0) is 23.0. The summed E-state index contributed by atoms with van der Waals surface area (Å²) in [5.41, 5.74) is 1.94. The van der Waals surface area contributed by atoms with Crippen LogP contribution in [-0.4, -0.2) is 22.3 Å². The number of allylic oxidation sites excluding steroid dienone is 1. The second-order valence-electron chi connectivity index (χ2n) is 7.51. The third-order valence-electron chi connectivity index (χ3n) is 4.63. The summed E-state index contributed by atoms with van der Waals surface area (Å²) in [6, 6.07) is 12.3. The van der Waals surface area contributed by atoms with Crippen LogP contribution in [0.5, 0.6) is 5.75 Å². The fraction of sp³-hybridized carbons (Fsp3) is 0.273. The number of carbonyl (C=O) groups is 2. The Morgan fingerprint density at radius 2 is 1.87 bits per heavy atom. The van der Waals surface area contributed by atoms with Gasteiger partial charge in [0.25, 0.3) is 5.91 Å². The normalized spacial score (nSPS) is 12.4. The number of anilines is 1. The molecule has 1 atom stereocenters. The number of hydrogen-bond acceptors (Lipinski definition) is 5. The molecule has 0 aliphatic heterocycles. The van der Waals surface area contributed by atoms with Crippen molar-refractivity contribution in [2.75, 3.05) is 5.32 Å². The minimum absolute atomic E-state index is 0.0241. The van der Waals surface area contributed by atoms with Gasteiger partial charge in [0.2, 0.25) is 0 Å². The molecule has 7 nitrogen and oxygen atoms in total. The molecular formula is C22H24Br2N2O5. The van der Waals surface area contributed by atoms with E-state index in [0.29, 0.717) is 33.0 Å². The number of benzene rings is 2. The molecule has 0 aliphatic carbocycles.